The molecule has 0 aliphatic rings. The summed E-state index contributed by atoms with van der Waals surface area (Å²) in [7, 11) is -4.27. The van der Waals surface area contributed by atoms with E-state index in [9.17, 15) is 22.4 Å². The van der Waals surface area contributed by atoms with Crippen LogP contribution < -0.4 is 9.62 Å². The molecule has 0 unspecified atom stereocenters. The fourth-order valence-electron chi connectivity index (χ4n) is 4.21. The number of hydrogen-bond acceptors (Lipinski definition) is 4. The van der Waals surface area contributed by atoms with Gasteiger partial charge in [0, 0.05) is 18.1 Å². The zero-order valence-corrected chi connectivity index (χ0v) is 24.5. The Kier molecular flexibility index (Phi) is 11.1. The number of nitrogens with one attached hydrogen (secondary N) is 1. The third-order valence-electron chi connectivity index (χ3n) is 6.52. The predicted octanol–water partition coefficient (Wildman–Crippen LogP) is 5.71. The molecule has 7 nitrogen and oxygen atoms in total. The smallest absolute Gasteiger partial charge is 0.264 e. The number of rotatable bonds is 13. The molecule has 0 saturated heterocycles. The molecule has 3 aromatic rings. The van der Waals surface area contributed by atoms with E-state index in [2.05, 4.69) is 5.32 Å². The molecule has 10 heteroatoms. The van der Waals surface area contributed by atoms with Crippen LogP contribution in [0.1, 0.15) is 44.2 Å². The molecule has 0 aliphatic heterocycles. The van der Waals surface area contributed by atoms with E-state index in [0.717, 1.165) is 47.0 Å². The summed E-state index contributed by atoms with van der Waals surface area (Å²) in [4.78, 5) is 28.4. The summed E-state index contributed by atoms with van der Waals surface area (Å²) in [6.07, 6.45) is 1.99. The molecule has 0 radical (unpaired) electrons. The molecule has 0 aliphatic carbocycles. The third kappa shape index (κ3) is 7.82. The van der Waals surface area contributed by atoms with E-state index in [1.165, 1.54) is 4.90 Å². The average Bonchev–Trinajstić information content (AvgIpc) is 2.93. The fraction of sp³-hybridized carbons (Fsp3) is 0.333. The maximum absolute atomic E-state index is 14.0. The van der Waals surface area contributed by atoms with Gasteiger partial charge in [-0.1, -0.05) is 67.8 Å². The molecule has 0 aromatic heterocycles. The van der Waals surface area contributed by atoms with Crippen molar-refractivity contribution in [2.24, 2.45) is 0 Å². The molecule has 0 heterocycles. The van der Waals surface area contributed by atoms with Crippen LogP contribution in [0.3, 0.4) is 0 Å². The third-order valence-corrected chi connectivity index (χ3v) is 8.67. The van der Waals surface area contributed by atoms with Gasteiger partial charge in [-0.3, -0.25) is 13.9 Å². The maximum atomic E-state index is 14.0. The van der Waals surface area contributed by atoms with Crippen molar-refractivity contribution in [3.05, 3.63) is 94.8 Å². The van der Waals surface area contributed by atoms with Crippen molar-refractivity contribution in [3.8, 4) is 0 Å². The zero-order chi connectivity index (χ0) is 29.3. The van der Waals surface area contributed by atoms with Gasteiger partial charge in [-0.05, 0) is 67.8 Å². The van der Waals surface area contributed by atoms with Crippen molar-refractivity contribution >= 4 is 39.1 Å². The minimum atomic E-state index is -4.27. The largest absolute Gasteiger partial charge is 0.354 e. The quantitative estimate of drug-likeness (QED) is 0.260. The molecular weight excluding hydrogens is 553 g/mol. The van der Waals surface area contributed by atoms with Crippen LogP contribution in [0.4, 0.5) is 10.1 Å². The van der Waals surface area contributed by atoms with Gasteiger partial charge in [0.15, 0.2) is 0 Å². The predicted molar refractivity (Wildman–Crippen MR) is 156 cm³/mol. The van der Waals surface area contributed by atoms with E-state index < -0.39 is 34.3 Å². The van der Waals surface area contributed by atoms with Crippen LogP contribution >= 0.6 is 11.6 Å². The van der Waals surface area contributed by atoms with Crippen molar-refractivity contribution in [1.29, 1.82) is 0 Å². The number of anilines is 1. The second-order valence-corrected chi connectivity index (χ2v) is 11.8. The van der Waals surface area contributed by atoms with Gasteiger partial charge >= 0.3 is 0 Å². The highest BCUT2D eigenvalue weighted by Gasteiger charge is 2.33. The lowest BCUT2D eigenvalue weighted by Gasteiger charge is -2.33. The van der Waals surface area contributed by atoms with Crippen LogP contribution in [0.25, 0.3) is 0 Å². The number of hydrogen-bond donors (Lipinski definition) is 1. The van der Waals surface area contributed by atoms with Gasteiger partial charge < -0.3 is 10.2 Å². The molecule has 3 rings (SSSR count). The molecular formula is C30H35ClFN3O4S. The van der Waals surface area contributed by atoms with Crippen LogP contribution in [-0.2, 0) is 26.2 Å². The first-order valence-corrected chi connectivity index (χ1v) is 15.1. The molecule has 214 valence electrons. The standard InChI is InChI=1S/C30H35ClFN3O4S/c1-4-6-19-33-30(37)28(5-2)34(20-23-9-7-8-10-27(23)31)29(36)21-35(25-15-11-22(3)12-16-25)40(38,39)26-17-13-24(32)14-18-26/h7-18,28H,4-6,19-21H2,1-3H3,(H,33,37)/t28-/m1/s1. The summed E-state index contributed by atoms with van der Waals surface area (Å²) < 4.78 is 42.1. The van der Waals surface area contributed by atoms with Gasteiger partial charge in [0.05, 0.1) is 10.6 Å². The number of benzene rings is 3. The first kappa shape index (κ1) is 31.1. The highest BCUT2D eigenvalue weighted by atomic mass is 35.5. The number of carbonyl (C=O) groups is 2. The number of aryl methyl sites for hydroxylation is 1. The van der Waals surface area contributed by atoms with Crippen molar-refractivity contribution < 1.29 is 22.4 Å². The summed E-state index contributed by atoms with van der Waals surface area (Å²) in [5.74, 6) is -1.48. The zero-order valence-electron chi connectivity index (χ0n) is 22.9. The number of nitrogens with zero attached hydrogens (tertiary/aromatic N) is 2. The monoisotopic (exact) mass is 587 g/mol. The maximum Gasteiger partial charge on any atom is 0.264 e. The number of unbranched alkanes of at least 4 members (excludes halogenated alkanes) is 1. The second kappa shape index (κ2) is 14.3. The Morgan fingerprint density at radius 1 is 0.975 bits per heavy atom. The summed E-state index contributed by atoms with van der Waals surface area (Å²) in [6.45, 7) is 5.57. The number of amides is 2. The average molecular weight is 588 g/mol. The van der Waals surface area contributed by atoms with Crippen molar-refractivity contribution in [1.82, 2.24) is 10.2 Å². The van der Waals surface area contributed by atoms with Crippen LogP contribution in [0.15, 0.2) is 77.7 Å². The van der Waals surface area contributed by atoms with Gasteiger partial charge in [0.25, 0.3) is 10.0 Å². The number of carbonyl (C=O) groups excluding carboxylic acids is 2. The summed E-state index contributed by atoms with van der Waals surface area (Å²) >= 11 is 6.41. The van der Waals surface area contributed by atoms with E-state index in [0.29, 0.717) is 23.6 Å². The minimum Gasteiger partial charge on any atom is -0.354 e. The Morgan fingerprint density at radius 3 is 2.23 bits per heavy atom. The molecule has 0 bridgehead atoms. The molecule has 0 saturated carbocycles. The molecule has 0 spiro atoms. The molecule has 1 atom stereocenters. The summed E-state index contributed by atoms with van der Waals surface area (Å²) in [6, 6.07) is 17.3. The summed E-state index contributed by atoms with van der Waals surface area (Å²) in [5.41, 5.74) is 1.80. The normalized spacial score (nSPS) is 12.0. The van der Waals surface area contributed by atoms with Gasteiger partial charge in [-0.2, -0.15) is 0 Å². The Balaban J connectivity index is 2.04. The fourth-order valence-corrected chi connectivity index (χ4v) is 5.82. The molecule has 3 aromatic carbocycles. The summed E-state index contributed by atoms with van der Waals surface area (Å²) in [5, 5.41) is 3.32. The lowest BCUT2D eigenvalue weighted by atomic mass is 10.1. The minimum absolute atomic E-state index is 0.0105. The molecule has 0 fully saturated rings. The number of halogens is 2. The van der Waals surface area contributed by atoms with Crippen LogP contribution in [-0.4, -0.2) is 44.3 Å². The second-order valence-electron chi connectivity index (χ2n) is 9.48. The molecule has 40 heavy (non-hydrogen) atoms. The van der Waals surface area contributed by atoms with E-state index in [4.69, 9.17) is 11.6 Å². The molecule has 1 N–H and O–H groups in total. The first-order valence-electron chi connectivity index (χ1n) is 13.2. The topological polar surface area (TPSA) is 86.8 Å². The Morgan fingerprint density at radius 2 is 1.62 bits per heavy atom. The van der Waals surface area contributed by atoms with E-state index >= 15 is 0 Å². The van der Waals surface area contributed by atoms with E-state index in [-0.39, 0.29) is 23.0 Å². The lowest BCUT2D eigenvalue weighted by Crippen LogP contribution is -2.52. The Bertz CT molecular complexity index is 1400. The van der Waals surface area contributed by atoms with E-state index in [1.54, 1.807) is 55.5 Å². The van der Waals surface area contributed by atoms with Gasteiger partial charge in [-0.15, -0.1) is 0 Å². The Labute approximate surface area is 241 Å². The lowest BCUT2D eigenvalue weighted by molar-refractivity contribution is -0.140. The highest BCUT2D eigenvalue weighted by Crippen LogP contribution is 2.26. The van der Waals surface area contributed by atoms with Crippen molar-refractivity contribution in [2.75, 3.05) is 17.4 Å². The van der Waals surface area contributed by atoms with Gasteiger partial charge in [0.2, 0.25) is 11.8 Å². The van der Waals surface area contributed by atoms with Crippen LogP contribution in [0.2, 0.25) is 5.02 Å². The van der Waals surface area contributed by atoms with Crippen LogP contribution in [0, 0.1) is 12.7 Å². The van der Waals surface area contributed by atoms with Crippen molar-refractivity contribution in [3.63, 3.8) is 0 Å². The SMILES string of the molecule is CCCCNC(=O)[C@@H](CC)N(Cc1ccccc1Cl)C(=O)CN(c1ccc(C)cc1)S(=O)(=O)c1ccc(F)cc1. The molecule has 2 amide bonds. The number of sulfonamides is 1. The first-order chi connectivity index (χ1) is 19.1. The van der Waals surface area contributed by atoms with Gasteiger partial charge in [-0.25, -0.2) is 12.8 Å². The van der Waals surface area contributed by atoms with Gasteiger partial charge in [0.1, 0.15) is 18.4 Å². The van der Waals surface area contributed by atoms with Crippen LogP contribution in [0.5, 0.6) is 0 Å². The van der Waals surface area contributed by atoms with E-state index in [1.807, 2.05) is 13.8 Å². The Hall–Kier alpha value is -3.43. The van der Waals surface area contributed by atoms with Crippen molar-refractivity contribution in [2.45, 2.75) is 57.5 Å². The highest BCUT2D eigenvalue weighted by molar-refractivity contribution is 7.92.